The fraction of sp³-hybridized carbons (Fsp3) is 0.667. The maximum absolute atomic E-state index is 14.1. The summed E-state index contributed by atoms with van der Waals surface area (Å²) in [6, 6.07) is 0. The summed E-state index contributed by atoms with van der Waals surface area (Å²) in [6.07, 6.45) is 1.89. The van der Waals surface area contributed by atoms with E-state index in [1.807, 2.05) is 0 Å². The van der Waals surface area contributed by atoms with E-state index in [-0.39, 0.29) is 25.7 Å². The molecular weight excluding hydrogens is 464 g/mol. The summed E-state index contributed by atoms with van der Waals surface area (Å²) >= 11 is 0. The molecule has 0 aromatic rings. The van der Waals surface area contributed by atoms with E-state index in [1.54, 1.807) is 0 Å². The molecule has 1 fully saturated rings. The zero-order valence-electron chi connectivity index (χ0n) is 16.5. The fourth-order valence-corrected chi connectivity index (χ4v) is 2.73. The number of rotatable bonds is 12. The van der Waals surface area contributed by atoms with Crippen LogP contribution in [-0.4, -0.2) is 54.6 Å². The molecule has 32 heavy (non-hydrogen) atoms. The van der Waals surface area contributed by atoms with E-state index >= 15 is 0 Å². The third-order valence-corrected chi connectivity index (χ3v) is 4.44. The first-order valence-corrected chi connectivity index (χ1v) is 9.06. The van der Waals surface area contributed by atoms with Gasteiger partial charge in [-0.25, -0.2) is 9.59 Å². The van der Waals surface area contributed by atoms with Gasteiger partial charge in [-0.1, -0.05) is 19.6 Å². The van der Waals surface area contributed by atoms with Crippen molar-refractivity contribution in [2.75, 3.05) is 13.2 Å². The normalized spacial score (nSPS) is 17.1. The molecule has 0 heterocycles. The summed E-state index contributed by atoms with van der Waals surface area (Å²) < 4.78 is 129. The highest BCUT2D eigenvalue weighted by atomic mass is 19.4. The van der Waals surface area contributed by atoms with Crippen LogP contribution in [0.5, 0.6) is 0 Å². The number of halogens is 8. The lowest BCUT2D eigenvalue weighted by Gasteiger charge is -2.38. The van der Waals surface area contributed by atoms with Gasteiger partial charge in [-0.05, 0) is 12.8 Å². The lowest BCUT2D eigenvalue weighted by molar-refractivity contribution is -0.359. The Morgan fingerprint density at radius 3 is 1.75 bits per heavy atom. The summed E-state index contributed by atoms with van der Waals surface area (Å²) in [5.74, 6) is -35.7. The van der Waals surface area contributed by atoms with Crippen molar-refractivity contribution < 1.29 is 63.7 Å². The minimum absolute atomic E-state index is 0.235. The first-order valence-electron chi connectivity index (χ1n) is 9.06. The minimum atomic E-state index is -7.07. The Morgan fingerprint density at radius 2 is 1.28 bits per heavy atom. The van der Waals surface area contributed by atoms with Crippen LogP contribution in [0.2, 0.25) is 0 Å². The third-order valence-electron chi connectivity index (χ3n) is 4.44. The molecule has 1 aliphatic rings. The van der Waals surface area contributed by atoms with Crippen LogP contribution >= 0.6 is 0 Å². The van der Waals surface area contributed by atoms with Gasteiger partial charge in [0, 0.05) is 12.8 Å². The number of hydrogen-bond acceptors (Lipinski definition) is 6. The molecular formula is C18H20F8O6. The van der Waals surface area contributed by atoms with E-state index in [1.165, 1.54) is 0 Å². The van der Waals surface area contributed by atoms with Gasteiger partial charge in [0.15, 0.2) is 0 Å². The summed E-state index contributed by atoms with van der Waals surface area (Å²) in [5, 5.41) is 0. The van der Waals surface area contributed by atoms with Crippen molar-refractivity contribution in [1.82, 2.24) is 0 Å². The number of carbonyl (C=O) groups is 2. The summed E-state index contributed by atoms with van der Waals surface area (Å²) in [6.45, 7) is 4.36. The highest BCUT2D eigenvalue weighted by Crippen LogP contribution is 2.53. The highest BCUT2D eigenvalue weighted by molar-refractivity contribution is 5.82. The van der Waals surface area contributed by atoms with Crippen molar-refractivity contribution >= 4 is 11.9 Å². The van der Waals surface area contributed by atoms with Gasteiger partial charge < -0.3 is 18.9 Å². The predicted octanol–water partition coefficient (Wildman–Crippen LogP) is 4.59. The second-order valence-corrected chi connectivity index (χ2v) is 6.62. The van der Waals surface area contributed by atoms with Crippen LogP contribution in [0.25, 0.3) is 0 Å². The number of hydrogen-bond donors (Lipinski definition) is 0. The van der Waals surface area contributed by atoms with Gasteiger partial charge in [0.05, 0.1) is 12.5 Å². The molecule has 14 heteroatoms. The molecule has 0 spiro atoms. The van der Waals surface area contributed by atoms with Gasteiger partial charge in [-0.15, -0.1) is 0 Å². The Bertz CT molecular complexity index is 704. The van der Waals surface area contributed by atoms with Crippen LogP contribution in [0.3, 0.4) is 0 Å². The third kappa shape index (κ3) is 5.09. The molecule has 0 saturated heterocycles. The standard InChI is InChI=1S/C18H20F8O6/c1-3-29-10-11-30-12(27)15(19,20)17(23,24)18(25,26)16(21,22)13(28)32-14(31-4-2)8-6-5-7-9-14/h3-4H,1-2,5-11H2. The van der Waals surface area contributed by atoms with Crippen LogP contribution in [0.4, 0.5) is 35.1 Å². The van der Waals surface area contributed by atoms with E-state index in [2.05, 4.69) is 27.4 Å². The first-order chi connectivity index (χ1) is 14.6. The molecule has 0 aromatic carbocycles. The van der Waals surface area contributed by atoms with Gasteiger partial charge in [0.2, 0.25) is 0 Å². The van der Waals surface area contributed by atoms with E-state index in [9.17, 15) is 44.7 Å². The molecule has 0 aromatic heterocycles. The molecule has 1 rings (SSSR count). The number of carbonyl (C=O) groups excluding carboxylic acids is 2. The van der Waals surface area contributed by atoms with Gasteiger partial charge in [-0.3, -0.25) is 0 Å². The molecule has 0 N–H and O–H groups in total. The predicted molar refractivity (Wildman–Crippen MR) is 90.1 cm³/mol. The van der Waals surface area contributed by atoms with Crippen molar-refractivity contribution in [3.05, 3.63) is 25.7 Å². The SMILES string of the molecule is C=COCCOC(=O)C(F)(F)C(F)(F)C(F)(F)C(F)(F)C(=O)OC1(OC=C)CCCCC1. The number of esters is 2. The Labute approximate surface area is 177 Å². The van der Waals surface area contributed by atoms with E-state index in [4.69, 9.17) is 4.74 Å². The molecule has 0 bridgehead atoms. The van der Waals surface area contributed by atoms with Crippen molar-refractivity contribution in [1.29, 1.82) is 0 Å². The van der Waals surface area contributed by atoms with Crippen LogP contribution in [0.1, 0.15) is 32.1 Å². The molecule has 1 saturated carbocycles. The quantitative estimate of drug-likeness (QED) is 0.133. The molecule has 0 atom stereocenters. The molecule has 0 aliphatic heterocycles. The van der Waals surface area contributed by atoms with Crippen molar-refractivity contribution in [2.24, 2.45) is 0 Å². The zero-order valence-corrected chi connectivity index (χ0v) is 16.5. The zero-order chi connectivity index (χ0) is 24.8. The lowest BCUT2D eigenvalue weighted by Crippen LogP contribution is -2.67. The highest BCUT2D eigenvalue weighted by Gasteiger charge is 2.86. The minimum Gasteiger partial charge on any atom is -0.498 e. The van der Waals surface area contributed by atoms with Crippen molar-refractivity contribution in [3.63, 3.8) is 0 Å². The average molecular weight is 484 g/mol. The molecule has 0 amide bonds. The second kappa shape index (κ2) is 9.94. The van der Waals surface area contributed by atoms with Gasteiger partial charge in [0.1, 0.15) is 13.2 Å². The second-order valence-electron chi connectivity index (χ2n) is 6.62. The van der Waals surface area contributed by atoms with Crippen LogP contribution < -0.4 is 0 Å². The Kier molecular flexibility index (Phi) is 8.54. The Balaban J connectivity index is 3.14. The monoisotopic (exact) mass is 484 g/mol. The lowest BCUT2D eigenvalue weighted by atomic mass is 9.93. The van der Waals surface area contributed by atoms with Crippen molar-refractivity contribution in [3.8, 4) is 0 Å². The summed E-state index contributed by atoms with van der Waals surface area (Å²) in [5.41, 5.74) is 0. The fourth-order valence-electron chi connectivity index (χ4n) is 2.73. The van der Waals surface area contributed by atoms with E-state index < -0.39 is 54.6 Å². The average Bonchev–Trinajstić information content (AvgIpc) is 2.71. The van der Waals surface area contributed by atoms with Crippen molar-refractivity contribution in [2.45, 2.75) is 61.6 Å². The van der Waals surface area contributed by atoms with Crippen LogP contribution in [-0.2, 0) is 28.5 Å². The first kappa shape index (κ1) is 27.5. The Hall–Kier alpha value is -2.54. The molecule has 0 radical (unpaired) electrons. The van der Waals surface area contributed by atoms with Crippen LogP contribution in [0.15, 0.2) is 25.7 Å². The number of alkyl halides is 8. The van der Waals surface area contributed by atoms with Gasteiger partial charge in [-0.2, -0.15) is 35.1 Å². The maximum Gasteiger partial charge on any atom is 0.411 e. The number of ether oxygens (including phenoxy) is 4. The smallest absolute Gasteiger partial charge is 0.411 e. The molecule has 1 aliphatic carbocycles. The van der Waals surface area contributed by atoms with E-state index in [0.717, 1.165) is 6.26 Å². The maximum atomic E-state index is 14.1. The summed E-state index contributed by atoms with van der Waals surface area (Å²) in [7, 11) is 0. The van der Waals surface area contributed by atoms with E-state index in [0.29, 0.717) is 12.7 Å². The van der Waals surface area contributed by atoms with Crippen LogP contribution in [0, 0.1) is 0 Å². The molecule has 6 nitrogen and oxygen atoms in total. The molecule has 184 valence electrons. The van der Waals surface area contributed by atoms with Gasteiger partial charge >= 0.3 is 35.6 Å². The van der Waals surface area contributed by atoms with Gasteiger partial charge in [0.25, 0.3) is 5.79 Å². The Morgan fingerprint density at radius 1 is 0.781 bits per heavy atom. The summed E-state index contributed by atoms with van der Waals surface area (Å²) in [4.78, 5) is 23.0. The molecule has 0 unspecified atom stereocenters. The topological polar surface area (TPSA) is 71.1 Å². The largest absolute Gasteiger partial charge is 0.498 e.